The highest BCUT2D eigenvalue weighted by Crippen LogP contribution is 2.27. The summed E-state index contributed by atoms with van der Waals surface area (Å²) in [5.74, 6) is 1.03. The average Bonchev–Trinajstić information content (AvgIpc) is 3.24. The fraction of sp³-hybridized carbons (Fsp3) is 0.129. The van der Waals surface area contributed by atoms with Gasteiger partial charge in [0.1, 0.15) is 5.82 Å². The highest BCUT2D eigenvalue weighted by Gasteiger charge is 2.18. The number of fused-ring (bicyclic) bond motifs is 1. The molecule has 0 atom stereocenters. The van der Waals surface area contributed by atoms with Crippen LogP contribution in [0.2, 0.25) is 0 Å². The quantitative estimate of drug-likeness (QED) is 0.225. The maximum atomic E-state index is 13.6. The molecule has 3 aromatic carbocycles. The predicted molar refractivity (Wildman–Crippen MR) is 147 cm³/mol. The first-order chi connectivity index (χ1) is 17.4. The Morgan fingerprint density at radius 1 is 0.833 bits per heavy atom. The molecule has 5 rings (SSSR count). The van der Waals surface area contributed by atoms with Crippen molar-refractivity contribution in [1.82, 2.24) is 14.8 Å². The number of carbonyl (C=O) groups is 1. The number of anilines is 1. The molecule has 0 aliphatic rings. The number of pyridine rings is 1. The molecule has 5 heteroatoms. The van der Waals surface area contributed by atoms with Crippen LogP contribution in [0.1, 0.15) is 33.5 Å². The number of aromatic nitrogens is 3. The summed E-state index contributed by atoms with van der Waals surface area (Å²) in [6, 6.07) is 27.7. The number of hydrogen-bond donors (Lipinski definition) is 1. The highest BCUT2D eigenvalue weighted by molar-refractivity contribution is 6.29. The lowest BCUT2D eigenvalue weighted by molar-refractivity contribution is -0.111. The van der Waals surface area contributed by atoms with Crippen LogP contribution in [-0.4, -0.2) is 20.7 Å². The first-order valence-electron chi connectivity index (χ1n) is 12.0. The van der Waals surface area contributed by atoms with E-state index in [4.69, 9.17) is 4.98 Å². The van der Waals surface area contributed by atoms with Crippen LogP contribution >= 0.6 is 0 Å². The monoisotopic (exact) mass is 472 g/mol. The van der Waals surface area contributed by atoms with Gasteiger partial charge in [0.05, 0.1) is 11.2 Å². The number of nitrogens with one attached hydrogen (secondary N) is 1. The number of hydrogen-bond acceptors (Lipinski definition) is 3. The van der Waals surface area contributed by atoms with Crippen molar-refractivity contribution < 1.29 is 4.79 Å². The normalized spacial score (nSPS) is 11.6. The third kappa shape index (κ3) is 4.68. The van der Waals surface area contributed by atoms with Gasteiger partial charge in [-0.05, 0) is 68.2 Å². The molecular formula is C31H28N4O. The fourth-order valence-corrected chi connectivity index (χ4v) is 4.50. The molecule has 5 nitrogen and oxygen atoms in total. The first kappa shape index (κ1) is 23.2. The lowest BCUT2D eigenvalue weighted by Gasteiger charge is -2.13. The lowest BCUT2D eigenvalue weighted by Crippen LogP contribution is -2.17. The molecular weight excluding hydrogens is 444 g/mol. The summed E-state index contributed by atoms with van der Waals surface area (Å²) in [6.45, 7) is 8.16. The maximum Gasteiger partial charge on any atom is 0.257 e. The van der Waals surface area contributed by atoms with Gasteiger partial charge in [0.2, 0.25) is 0 Å². The Balaban J connectivity index is 1.56. The van der Waals surface area contributed by atoms with Crippen molar-refractivity contribution in [2.24, 2.45) is 0 Å². The zero-order valence-corrected chi connectivity index (χ0v) is 20.9. The Labute approximate surface area is 211 Å². The van der Waals surface area contributed by atoms with Gasteiger partial charge < -0.3 is 5.32 Å². The molecule has 36 heavy (non-hydrogen) atoms. The minimum absolute atomic E-state index is 0.212. The van der Waals surface area contributed by atoms with E-state index in [1.165, 1.54) is 5.56 Å². The van der Waals surface area contributed by atoms with Crippen LogP contribution in [0.3, 0.4) is 0 Å². The molecule has 0 radical (unpaired) electrons. The summed E-state index contributed by atoms with van der Waals surface area (Å²) >= 11 is 0. The number of nitrogens with zero attached hydrogens (tertiary/aromatic N) is 3. The number of rotatable bonds is 5. The zero-order valence-electron chi connectivity index (χ0n) is 20.9. The third-order valence-electron chi connectivity index (χ3n) is 6.17. The van der Waals surface area contributed by atoms with Crippen molar-refractivity contribution in [2.75, 3.05) is 5.32 Å². The minimum atomic E-state index is -0.212. The van der Waals surface area contributed by atoms with Gasteiger partial charge >= 0.3 is 0 Å². The Morgan fingerprint density at radius 3 is 2.25 bits per heavy atom. The standard InChI is InChI=1S/C31H28N4O/c1-20-15-22(3)30-26(16-20)21(2)17-28(32-30)35-29(18-23(4)34-35)33-31(36)27(25-13-9-6-10-14-25)19-24-11-7-5-8-12-24/h5-19H,1-4H3,(H,33,36)/b27-19-. The summed E-state index contributed by atoms with van der Waals surface area (Å²) in [4.78, 5) is 18.6. The molecule has 0 unspecified atom stereocenters. The second-order valence-electron chi connectivity index (χ2n) is 9.15. The second kappa shape index (κ2) is 9.62. The summed E-state index contributed by atoms with van der Waals surface area (Å²) in [5.41, 5.74) is 7.53. The predicted octanol–water partition coefficient (Wildman–Crippen LogP) is 6.83. The van der Waals surface area contributed by atoms with E-state index in [0.717, 1.165) is 38.9 Å². The third-order valence-corrected chi connectivity index (χ3v) is 6.17. The molecule has 5 aromatic rings. The number of carbonyl (C=O) groups excluding carboxylic acids is 1. The average molecular weight is 473 g/mol. The van der Waals surface area contributed by atoms with Gasteiger partial charge in [0.15, 0.2) is 5.82 Å². The molecule has 2 heterocycles. The van der Waals surface area contributed by atoms with Gasteiger partial charge in [-0.15, -0.1) is 0 Å². The van der Waals surface area contributed by atoms with Crippen molar-refractivity contribution >= 4 is 34.3 Å². The van der Waals surface area contributed by atoms with Crippen molar-refractivity contribution in [2.45, 2.75) is 27.7 Å². The summed E-state index contributed by atoms with van der Waals surface area (Å²) < 4.78 is 1.71. The molecule has 0 saturated carbocycles. The van der Waals surface area contributed by atoms with Crippen LogP contribution in [0.5, 0.6) is 0 Å². The van der Waals surface area contributed by atoms with E-state index in [0.29, 0.717) is 17.2 Å². The van der Waals surface area contributed by atoms with E-state index in [9.17, 15) is 4.79 Å². The van der Waals surface area contributed by atoms with Gasteiger partial charge in [-0.1, -0.05) is 72.3 Å². The number of amides is 1. The Bertz CT molecular complexity index is 1600. The molecule has 0 aliphatic heterocycles. The molecule has 0 fully saturated rings. The Kier molecular flexibility index (Phi) is 6.21. The lowest BCUT2D eigenvalue weighted by atomic mass is 10.0. The van der Waals surface area contributed by atoms with Gasteiger partial charge in [0, 0.05) is 17.0 Å². The molecule has 1 amide bonds. The molecule has 0 bridgehead atoms. The van der Waals surface area contributed by atoms with E-state index in [-0.39, 0.29) is 5.91 Å². The van der Waals surface area contributed by atoms with E-state index >= 15 is 0 Å². The van der Waals surface area contributed by atoms with E-state index < -0.39 is 0 Å². The zero-order chi connectivity index (χ0) is 25.2. The first-order valence-corrected chi connectivity index (χ1v) is 12.0. The van der Waals surface area contributed by atoms with Gasteiger partial charge in [-0.2, -0.15) is 9.78 Å². The summed E-state index contributed by atoms with van der Waals surface area (Å²) in [7, 11) is 0. The van der Waals surface area contributed by atoms with E-state index in [2.05, 4.69) is 43.3 Å². The van der Waals surface area contributed by atoms with Crippen LogP contribution < -0.4 is 5.32 Å². The van der Waals surface area contributed by atoms with Crippen LogP contribution in [0.15, 0.2) is 84.9 Å². The van der Waals surface area contributed by atoms with Crippen molar-refractivity contribution in [3.05, 3.63) is 118 Å². The smallest absolute Gasteiger partial charge is 0.257 e. The Hall–Kier alpha value is -4.51. The van der Waals surface area contributed by atoms with Gasteiger partial charge in [-0.25, -0.2) is 4.98 Å². The largest absolute Gasteiger partial charge is 0.306 e. The van der Waals surface area contributed by atoms with E-state index in [1.807, 2.05) is 85.8 Å². The van der Waals surface area contributed by atoms with Gasteiger partial charge in [0.25, 0.3) is 5.91 Å². The maximum absolute atomic E-state index is 13.6. The summed E-state index contributed by atoms with van der Waals surface area (Å²) in [6.07, 6.45) is 1.91. The summed E-state index contributed by atoms with van der Waals surface area (Å²) in [5, 5.41) is 8.89. The van der Waals surface area contributed by atoms with Crippen LogP contribution in [-0.2, 0) is 4.79 Å². The van der Waals surface area contributed by atoms with Crippen LogP contribution in [0.4, 0.5) is 5.82 Å². The van der Waals surface area contributed by atoms with Crippen molar-refractivity contribution in [3.8, 4) is 5.82 Å². The molecule has 178 valence electrons. The second-order valence-corrected chi connectivity index (χ2v) is 9.15. The minimum Gasteiger partial charge on any atom is -0.306 e. The van der Waals surface area contributed by atoms with Gasteiger partial charge in [-0.3, -0.25) is 4.79 Å². The molecule has 1 N–H and O–H groups in total. The van der Waals surface area contributed by atoms with Crippen molar-refractivity contribution in [1.29, 1.82) is 0 Å². The van der Waals surface area contributed by atoms with E-state index in [1.54, 1.807) is 4.68 Å². The SMILES string of the molecule is Cc1cc(C)c2nc(-n3nc(C)cc3NC(=O)/C(=C\c3ccccc3)c3ccccc3)cc(C)c2c1. The van der Waals surface area contributed by atoms with Crippen LogP contribution in [0, 0.1) is 27.7 Å². The molecule has 0 spiro atoms. The topological polar surface area (TPSA) is 59.8 Å². The fourth-order valence-electron chi connectivity index (χ4n) is 4.50. The highest BCUT2D eigenvalue weighted by atomic mass is 16.1. The molecule has 2 aromatic heterocycles. The Morgan fingerprint density at radius 2 is 1.53 bits per heavy atom. The molecule has 0 aliphatic carbocycles. The number of benzene rings is 3. The van der Waals surface area contributed by atoms with Crippen molar-refractivity contribution in [3.63, 3.8) is 0 Å². The van der Waals surface area contributed by atoms with Crippen LogP contribution in [0.25, 0.3) is 28.4 Å². The molecule has 0 saturated heterocycles. The number of aryl methyl sites for hydroxylation is 4.